The number of nitrogens with one attached hydrogen (secondary N) is 1. The van der Waals surface area contributed by atoms with Crippen LogP contribution < -0.4 is 10.1 Å². The molecule has 0 saturated heterocycles. The maximum absolute atomic E-state index is 6.15. The molecule has 0 bridgehead atoms. The van der Waals surface area contributed by atoms with Gasteiger partial charge in [-0.3, -0.25) is 0 Å². The van der Waals surface area contributed by atoms with Crippen molar-refractivity contribution in [3.8, 4) is 5.75 Å². The van der Waals surface area contributed by atoms with Crippen LogP contribution in [0.1, 0.15) is 5.56 Å². The molecule has 2 aromatic rings. The maximum atomic E-state index is 6.15. The van der Waals surface area contributed by atoms with Crippen molar-refractivity contribution in [1.29, 1.82) is 0 Å². The molecular weight excluding hydrogens is 340 g/mol. The molecule has 0 saturated carbocycles. The summed E-state index contributed by atoms with van der Waals surface area (Å²) in [6.45, 7) is 0.408. The Morgan fingerprint density at radius 2 is 1.60 bits per heavy atom. The number of hydrogen-bond donors (Lipinski definition) is 1. The van der Waals surface area contributed by atoms with E-state index in [-0.39, 0.29) is 0 Å². The van der Waals surface area contributed by atoms with Crippen molar-refractivity contribution in [3.05, 3.63) is 56.0 Å². The summed E-state index contributed by atoms with van der Waals surface area (Å²) in [7, 11) is 1.59. The van der Waals surface area contributed by atoms with Crippen LogP contribution in [0.4, 0.5) is 5.69 Å². The highest BCUT2D eigenvalue weighted by Gasteiger charge is 2.10. The quantitative estimate of drug-likeness (QED) is 0.691. The molecule has 20 heavy (non-hydrogen) atoms. The molecule has 2 nitrogen and oxygen atoms in total. The third kappa shape index (κ3) is 3.44. The van der Waals surface area contributed by atoms with Crippen molar-refractivity contribution in [2.45, 2.75) is 6.54 Å². The molecule has 0 aliphatic carbocycles. The van der Waals surface area contributed by atoms with E-state index in [0.717, 1.165) is 11.3 Å². The van der Waals surface area contributed by atoms with E-state index in [4.69, 9.17) is 51.1 Å². The van der Waals surface area contributed by atoms with Gasteiger partial charge in [-0.2, -0.15) is 0 Å². The Labute approximate surface area is 137 Å². The van der Waals surface area contributed by atoms with Gasteiger partial charge < -0.3 is 10.1 Å². The van der Waals surface area contributed by atoms with Crippen LogP contribution in [0.5, 0.6) is 5.75 Å². The fourth-order valence-electron chi connectivity index (χ4n) is 1.68. The predicted octanol–water partition coefficient (Wildman–Crippen LogP) is 5.92. The van der Waals surface area contributed by atoms with Crippen LogP contribution in [0.15, 0.2) is 30.3 Å². The lowest BCUT2D eigenvalue weighted by molar-refractivity contribution is 0.415. The van der Waals surface area contributed by atoms with Gasteiger partial charge in [-0.25, -0.2) is 0 Å². The molecule has 0 radical (unpaired) electrons. The minimum atomic E-state index is 0.408. The summed E-state index contributed by atoms with van der Waals surface area (Å²) in [5.74, 6) is 0.709. The van der Waals surface area contributed by atoms with Crippen LogP contribution in [-0.4, -0.2) is 7.11 Å². The first-order valence-electron chi connectivity index (χ1n) is 5.72. The van der Waals surface area contributed by atoms with Crippen molar-refractivity contribution in [2.75, 3.05) is 12.4 Å². The van der Waals surface area contributed by atoms with Crippen molar-refractivity contribution >= 4 is 52.1 Å². The molecule has 2 aromatic carbocycles. The van der Waals surface area contributed by atoms with Crippen LogP contribution >= 0.6 is 46.4 Å². The van der Waals surface area contributed by atoms with Gasteiger partial charge in [-0.15, -0.1) is 0 Å². The minimum Gasteiger partial charge on any atom is -0.497 e. The number of ether oxygens (including phenoxy) is 1. The first-order valence-corrected chi connectivity index (χ1v) is 7.24. The van der Waals surface area contributed by atoms with Crippen LogP contribution in [0.25, 0.3) is 0 Å². The fourth-order valence-corrected chi connectivity index (χ4v) is 2.55. The number of methoxy groups -OCH3 is 1. The van der Waals surface area contributed by atoms with Gasteiger partial charge in [0.1, 0.15) is 5.75 Å². The molecule has 0 spiro atoms. The standard InChI is InChI=1S/C14H11Cl4NO/c1-20-8-2-3-11(16)13(6-8)19-7-9-10(15)4-5-12(17)14(9)18/h2-6,19H,7H2,1H3. The molecule has 2 rings (SSSR count). The van der Waals surface area contributed by atoms with E-state index in [0.29, 0.717) is 32.4 Å². The van der Waals surface area contributed by atoms with Crippen LogP contribution in [0.2, 0.25) is 20.1 Å². The van der Waals surface area contributed by atoms with E-state index >= 15 is 0 Å². The van der Waals surface area contributed by atoms with E-state index < -0.39 is 0 Å². The zero-order valence-corrected chi connectivity index (χ0v) is 13.5. The van der Waals surface area contributed by atoms with E-state index in [9.17, 15) is 0 Å². The lowest BCUT2D eigenvalue weighted by atomic mass is 10.2. The lowest BCUT2D eigenvalue weighted by Gasteiger charge is -2.13. The highest BCUT2D eigenvalue weighted by Crippen LogP contribution is 2.33. The fraction of sp³-hybridized carbons (Fsp3) is 0.143. The van der Waals surface area contributed by atoms with Gasteiger partial charge in [0.15, 0.2) is 0 Å². The second kappa shape index (κ2) is 6.77. The summed E-state index contributed by atoms with van der Waals surface area (Å²) in [6.07, 6.45) is 0. The first-order chi connectivity index (χ1) is 9.52. The van der Waals surface area contributed by atoms with Gasteiger partial charge in [0.25, 0.3) is 0 Å². The van der Waals surface area contributed by atoms with Crippen molar-refractivity contribution < 1.29 is 4.74 Å². The molecule has 0 unspecified atom stereocenters. The van der Waals surface area contributed by atoms with Gasteiger partial charge in [0.2, 0.25) is 0 Å². The summed E-state index contributed by atoms with van der Waals surface area (Å²) in [4.78, 5) is 0. The molecule has 0 aliphatic rings. The lowest BCUT2D eigenvalue weighted by Crippen LogP contribution is -2.02. The molecular formula is C14H11Cl4NO. The Hall–Kier alpha value is -0.800. The number of anilines is 1. The average molecular weight is 351 g/mol. The van der Waals surface area contributed by atoms with Crippen molar-refractivity contribution in [1.82, 2.24) is 0 Å². The summed E-state index contributed by atoms with van der Waals surface area (Å²) in [5.41, 5.74) is 1.46. The molecule has 0 amide bonds. The largest absolute Gasteiger partial charge is 0.497 e. The smallest absolute Gasteiger partial charge is 0.121 e. The maximum Gasteiger partial charge on any atom is 0.121 e. The third-order valence-corrected chi connectivity index (χ3v) is 4.30. The molecule has 106 valence electrons. The van der Waals surface area contributed by atoms with E-state index in [1.54, 1.807) is 37.4 Å². The minimum absolute atomic E-state index is 0.408. The number of halogens is 4. The van der Waals surface area contributed by atoms with E-state index in [1.165, 1.54) is 0 Å². The predicted molar refractivity (Wildman–Crippen MR) is 86.8 cm³/mol. The highest BCUT2D eigenvalue weighted by molar-refractivity contribution is 6.44. The van der Waals surface area contributed by atoms with E-state index in [2.05, 4.69) is 5.32 Å². The summed E-state index contributed by atoms with van der Waals surface area (Å²) < 4.78 is 5.16. The molecule has 0 fully saturated rings. The first kappa shape index (κ1) is 15.6. The second-order valence-corrected chi connectivity index (χ2v) is 5.62. The Bertz CT molecular complexity index is 631. The Morgan fingerprint density at radius 3 is 2.30 bits per heavy atom. The molecule has 0 heterocycles. The van der Waals surface area contributed by atoms with Gasteiger partial charge in [-0.05, 0) is 24.3 Å². The van der Waals surface area contributed by atoms with Crippen molar-refractivity contribution in [2.24, 2.45) is 0 Å². The molecule has 0 atom stereocenters. The molecule has 6 heteroatoms. The van der Waals surface area contributed by atoms with Crippen LogP contribution in [0.3, 0.4) is 0 Å². The third-order valence-electron chi connectivity index (χ3n) is 2.77. The number of hydrogen-bond acceptors (Lipinski definition) is 2. The monoisotopic (exact) mass is 349 g/mol. The molecule has 0 aromatic heterocycles. The van der Waals surface area contributed by atoms with Gasteiger partial charge in [0, 0.05) is 23.2 Å². The average Bonchev–Trinajstić information content (AvgIpc) is 2.45. The van der Waals surface area contributed by atoms with Crippen molar-refractivity contribution in [3.63, 3.8) is 0 Å². The van der Waals surface area contributed by atoms with Crippen LogP contribution in [-0.2, 0) is 6.54 Å². The van der Waals surface area contributed by atoms with Gasteiger partial charge in [0.05, 0.1) is 27.9 Å². The molecule has 1 N–H and O–H groups in total. The number of benzene rings is 2. The zero-order chi connectivity index (χ0) is 14.7. The normalized spacial score (nSPS) is 10.4. The SMILES string of the molecule is COc1ccc(Cl)c(NCc2c(Cl)ccc(Cl)c2Cl)c1. The Kier molecular flexibility index (Phi) is 5.28. The number of rotatable bonds is 4. The molecule has 0 aliphatic heterocycles. The Balaban J connectivity index is 2.23. The van der Waals surface area contributed by atoms with Crippen LogP contribution in [0, 0.1) is 0 Å². The zero-order valence-electron chi connectivity index (χ0n) is 10.5. The summed E-state index contributed by atoms with van der Waals surface area (Å²) in [6, 6.07) is 8.71. The summed E-state index contributed by atoms with van der Waals surface area (Å²) >= 11 is 24.4. The topological polar surface area (TPSA) is 21.3 Å². The highest BCUT2D eigenvalue weighted by atomic mass is 35.5. The van der Waals surface area contributed by atoms with Gasteiger partial charge in [-0.1, -0.05) is 46.4 Å². The Morgan fingerprint density at radius 1 is 0.950 bits per heavy atom. The van der Waals surface area contributed by atoms with E-state index in [1.807, 2.05) is 0 Å². The second-order valence-electron chi connectivity index (χ2n) is 4.02. The van der Waals surface area contributed by atoms with Gasteiger partial charge >= 0.3 is 0 Å². The summed E-state index contributed by atoms with van der Waals surface area (Å²) in [5, 5.41) is 5.20.